The van der Waals surface area contributed by atoms with Crippen LogP contribution >= 0.6 is 0 Å². The quantitative estimate of drug-likeness (QED) is 0.132. The maximum Gasteiger partial charge on any atom is 0.511 e. The molecule has 0 bridgehead atoms. The van der Waals surface area contributed by atoms with Crippen LogP contribution in [-0.4, -0.2) is 28.0 Å². The molecular formula is C29H23N3O5. The Morgan fingerprint density at radius 3 is 2.43 bits per heavy atom. The van der Waals surface area contributed by atoms with Crippen molar-refractivity contribution in [2.75, 3.05) is 10.3 Å². The number of carboxylic acid groups (broad SMARTS) is 1. The van der Waals surface area contributed by atoms with E-state index in [0.29, 0.717) is 16.7 Å². The predicted molar refractivity (Wildman–Crippen MR) is 142 cm³/mol. The molecule has 0 saturated heterocycles. The first-order valence-electron chi connectivity index (χ1n) is 11.5. The number of hydrazone groups is 1. The van der Waals surface area contributed by atoms with Crippen LogP contribution in [0.3, 0.4) is 0 Å². The molecule has 5 rings (SSSR count). The Labute approximate surface area is 213 Å². The third-order valence-corrected chi connectivity index (χ3v) is 6.23. The van der Waals surface area contributed by atoms with Gasteiger partial charge in [0.2, 0.25) is 0 Å². The van der Waals surface area contributed by atoms with E-state index in [-0.39, 0.29) is 28.8 Å². The Kier molecular flexibility index (Phi) is 6.07. The number of amides is 1. The number of hydrogen-bond acceptors (Lipinski definition) is 6. The van der Waals surface area contributed by atoms with Gasteiger partial charge in [0, 0.05) is 16.8 Å². The molecular weight excluding hydrogens is 470 g/mol. The summed E-state index contributed by atoms with van der Waals surface area (Å²) in [6.45, 7) is 4.02. The number of hydrogen-bond donors (Lipinski definition) is 3. The van der Waals surface area contributed by atoms with E-state index in [1.807, 2.05) is 56.3 Å². The van der Waals surface area contributed by atoms with E-state index >= 15 is 0 Å². The molecule has 4 aromatic rings. The van der Waals surface area contributed by atoms with Crippen LogP contribution < -0.4 is 15.1 Å². The van der Waals surface area contributed by atoms with E-state index < -0.39 is 6.16 Å². The number of carbonyl (C=O) groups excluding carboxylic acids is 1. The number of para-hydroxylation sites is 2. The van der Waals surface area contributed by atoms with Crippen molar-refractivity contribution in [3.8, 4) is 22.6 Å². The number of nitrogens with zero attached hydrogens (tertiary/aromatic N) is 2. The molecule has 184 valence electrons. The van der Waals surface area contributed by atoms with E-state index in [9.17, 15) is 14.7 Å². The van der Waals surface area contributed by atoms with E-state index in [4.69, 9.17) is 9.84 Å². The second kappa shape index (κ2) is 9.50. The minimum Gasteiger partial charge on any atom is -0.505 e. The van der Waals surface area contributed by atoms with Crippen molar-refractivity contribution in [2.24, 2.45) is 5.10 Å². The van der Waals surface area contributed by atoms with E-state index in [0.717, 1.165) is 22.5 Å². The van der Waals surface area contributed by atoms with Crippen LogP contribution in [-0.2, 0) is 4.79 Å². The highest BCUT2D eigenvalue weighted by Crippen LogP contribution is 2.38. The molecule has 4 aromatic carbocycles. The highest BCUT2D eigenvalue weighted by molar-refractivity contribution is 6.55. The molecule has 37 heavy (non-hydrogen) atoms. The fourth-order valence-electron chi connectivity index (χ4n) is 4.24. The van der Waals surface area contributed by atoms with Crippen LogP contribution in [0.2, 0.25) is 0 Å². The van der Waals surface area contributed by atoms with Gasteiger partial charge in [-0.1, -0.05) is 48.5 Å². The molecule has 3 N–H and O–H groups in total. The molecule has 1 amide bonds. The van der Waals surface area contributed by atoms with E-state index in [2.05, 4.69) is 10.5 Å². The van der Waals surface area contributed by atoms with Gasteiger partial charge in [-0.2, -0.15) is 5.10 Å². The number of carbonyl (C=O) groups is 2. The van der Waals surface area contributed by atoms with Crippen LogP contribution in [0.1, 0.15) is 16.7 Å². The van der Waals surface area contributed by atoms with Gasteiger partial charge in [0.05, 0.1) is 11.4 Å². The summed E-state index contributed by atoms with van der Waals surface area (Å²) in [5.74, 6) is -0.266. The average molecular weight is 494 g/mol. The summed E-state index contributed by atoms with van der Waals surface area (Å²) >= 11 is 0. The molecule has 0 fully saturated rings. The number of benzene rings is 4. The summed E-state index contributed by atoms with van der Waals surface area (Å²) in [5, 5.41) is 24.2. The summed E-state index contributed by atoms with van der Waals surface area (Å²) in [6, 6.07) is 24.7. The van der Waals surface area contributed by atoms with Gasteiger partial charge in [0.15, 0.2) is 5.71 Å². The number of rotatable bonds is 5. The monoisotopic (exact) mass is 493 g/mol. The number of nitrogens with one attached hydrogen (secondary N) is 1. The van der Waals surface area contributed by atoms with Gasteiger partial charge >= 0.3 is 6.16 Å². The zero-order valence-corrected chi connectivity index (χ0v) is 20.1. The third kappa shape index (κ3) is 4.48. The lowest BCUT2D eigenvalue weighted by molar-refractivity contribution is -0.111. The van der Waals surface area contributed by atoms with Crippen molar-refractivity contribution in [3.05, 3.63) is 102 Å². The molecule has 0 saturated carbocycles. The third-order valence-electron chi connectivity index (χ3n) is 6.23. The minimum absolute atomic E-state index is 0.107. The Morgan fingerprint density at radius 1 is 0.892 bits per heavy atom. The topological polar surface area (TPSA) is 111 Å². The lowest BCUT2D eigenvalue weighted by Gasteiger charge is -2.18. The Balaban J connectivity index is 1.49. The van der Waals surface area contributed by atoms with Crippen molar-refractivity contribution < 1.29 is 24.5 Å². The number of phenols is 1. The first-order chi connectivity index (χ1) is 17.8. The van der Waals surface area contributed by atoms with Crippen molar-refractivity contribution in [1.82, 2.24) is 0 Å². The molecule has 0 spiro atoms. The lowest BCUT2D eigenvalue weighted by atomic mass is 10.0. The largest absolute Gasteiger partial charge is 0.511 e. The fraction of sp³-hybridized carbons (Fsp3) is 0.0690. The highest BCUT2D eigenvalue weighted by Gasteiger charge is 2.35. The molecule has 1 aliphatic rings. The number of anilines is 3. The maximum atomic E-state index is 13.5. The number of aryl methyl sites for hydroxylation is 2. The van der Waals surface area contributed by atoms with Gasteiger partial charge in [-0.3, -0.25) is 15.1 Å². The molecule has 0 aromatic heterocycles. The smallest absolute Gasteiger partial charge is 0.505 e. The Bertz CT molecular complexity index is 1580. The number of phenolic OH excluding ortho intramolecular Hbond substituents is 1. The normalized spacial score (nSPS) is 13.5. The summed E-state index contributed by atoms with van der Waals surface area (Å²) in [5.41, 5.74) is 8.69. The standard InChI is InChI=1S/C29H23N3O5/c1-17-13-14-20(15-18(17)2)32-25-12-4-3-9-23(25)26(28(32)34)31-30-24-11-6-10-22(27(24)33)19-7-5-8-21(16-19)37-29(35)36/h3-16,30,33H,1-2H3,(H,35,36). The van der Waals surface area contributed by atoms with Gasteiger partial charge in [-0.05, 0) is 66.9 Å². The summed E-state index contributed by atoms with van der Waals surface area (Å²) in [7, 11) is 0. The lowest BCUT2D eigenvalue weighted by Crippen LogP contribution is -2.26. The second-order valence-corrected chi connectivity index (χ2v) is 8.60. The second-order valence-electron chi connectivity index (χ2n) is 8.60. The summed E-state index contributed by atoms with van der Waals surface area (Å²) < 4.78 is 4.72. The number of aromatic hydroxyl groups is 1. The predicted octanol–water partition coefficient (Wildman–Crippen LogP) is 6.23. The molecule has 0 aliphatic carbocycles. The first-order valence-corrected chi connectivity index (χ1v) is 11.5. The van der Waals surface area contributed by atoms with Crippen LogP contribution in [0.4, 0.5) is 21.9 Å². The maximum absolute atomic E-state index is 13.5. The van der Waals surface area contributed by atoms with Crippen molar-refractivity contribution in [2.45, 2.75) is 13.8 Å². The highest BCUT2D eigenvalue weighted by atomic mass is 16.7. The van der Waals surface area contributed by atoms with Gasteiger partial charge in [-0.25, -0.2) is 4.79 Å². The summed E-state index contributed by atoms with van der Waals surface area (Å²) in [4.78, 5) is 26.0. The molecule has 1 heterocycles. The SMILES string of the molecule is Cc1ccc(N2C(=O)C(=NNc3cccc(-c4cccc(OC(=O)O)c4)c3O)c3ccccc32)cc1C. The molecule has 1 aliphatic heterocycles. The molecule has 0 radical (unpaired) electrons. The Hall–Kier alpha value is -5.11. The molecule has 0 unspecified atom stereocenters. The minimum atomic E-state index is -1.43. The van der Waals surface area contributed by atoms with Gasteiger partial charge in [0.25, 0.3) is 5.91 Å². The van der Waals surface area contributed by atoms with E-state index in [1.165, 1.54) is 12.1 Å². The summed E-state index contributed by atoms with van der Waals surface area (Å²) in [6.07, 6.45) is -1.43. The zero-order valence-electron chi connectivity index (χ0n) is 20.1. The first kappa shape index (κ1) is 23.6. The van der Waals surface area contributed by atoms with Crippen LogP contribution in [0, 0.1) is 13.8 Å². The van der Waals surface area contributed by atoms with Gasteiger partial charge in [0.1, 0.15) is 11.5 Å². The number of fused-ring (bicyclic) bond motifs is 1. The van der Waals surface area contributed by atoms with Crippen LogP contribution in [0.25, 0.3) is 11.1 Å². The average Bonchev–Trinajstić information content (AvgIpc) is 3.16. The van der Waals surface area contributed by atoms with Crippen molar-refractivity contribution in [1.29, 1.82) is 0 Å². The van der Waals surface area contributed by atoms with Gasteiger partial charge in [-0.15, -0.1) is 0 Å². The van der Waals surface area contributed by atoms with Crippen molar-refractivity contribution in [3.63, 3.8) is 0 Å². The molecule has 8 nitrogen and oxygen atoms in total. The molecule has 0 atom stereocenters. The molecule has 8 heteroatoms. The zero-order chi connectivity index (χ0) is 26.1. The van der Waals surface area contributed by atoms with Crippen molar-refractivity contribution >= 4 is 34.8 Å². The van der Waals surface area contributed by atoms with Crippen LogP contribution in [0.15, 0.2) is 90.0 Å². The Morgan fingerprint density at radius 2 is 1.65 bits per heavy atom. The number of ether oxygens (including phenoxy) is 1. The fourth-order valence-corrected chi connectivity index (χ4v) is 4.24. The van der Waals surface area contributed by atoms with Crippen LogP contribution in [0.5, 0.6) is 11.5 Å². The van der Waals surface area contributed by atoms with E-state index in [1.54, 1.807) is 35.2 Å². The van der Waals surface area contributed by atoms with Gasteiger partial charge < -0.3 is 14.9 Å².